The fraction of sp³-hybridized carbons (Fsp3) is 0.235. The molecule has 0 heterocycles. The summed E-state index contributed by atoms with van der Waals surface area (Å²) < 4.78 is 5.03. The molecule has 0 spiro atoms. The quantitative estimate of drug-likeness (QED) is 0.742. The second-order valence-corrected chi connectivity index (χ2v) is 5.81. The highest BCUT2D eigenvalue weighted by Crippen LogP contribution is 2.23. The van der Waals surface area contributed by atoms with Crippen molar-refractivity contribution in [2.75, 3.05) is 25.6 Å². The Labute approximate surface area is 145 Å². The topological polar surface area (TPSA) is 50.4 Å². The van der Waals surface area contributed by atoms with Crippen molar-refractivity contribution in [2.24, 2.45) is 0 Å². The molecule has 0 fully saturated rings. The minimum Gasteiger partial charge on any atom is -0.383 e. The zero-order chi connectivity index (χ0) is 16.7. The zero-order valence-electron chi connectivity index (χ0n) is 12.7. The summed E-state index contributed by atoms with van der Waals surface area (Å²) in [5, 5.41) is 6.96. The van der Waals surface area contributed by atoms with Gasteiger partial charge >= 0.3 is 0 Å². The van der Waals surface area contributed by atoms with Crippen LogP contribution >= 0.6 is 23.2 Å². The van der Waals surface area contributed by atoms with Gasteiger partial charge in [-0.15, -0.1) is 0 Å². The van der Waals surface area contributed by atoms with Gasteiger partial charge in [-0.05, 0) is 23.8 Å². The average molecular weight is 353 g/mol. The van der Waals surface area contributed by atoms with Crippen molar-refractivity contribution in [1.29, 1.82) is 0 Å². The second kappa shape index (κ2) is 8.89. The summed E-state index contributed by atoms with van der Waals surface area (Å²) >= 11 is 11.9. The van der Waals surface area contributed by atoms with Crippen molar-refractivity contribution in [3.63, 3.8) is 0 Å². The van der Waals surface area contributed by atoms with E-state index in [1.807, 2.05) is 30.3 Å². The third-order valence-corrected chi connectivity index (χ3v) is 3.62. The highest BCUT2D eigenvalue weighted by atomic mass is 35.5. The maximum atomic E-state index is 12.6. The lowest BCUT2D eigenvalue weighted by Gasteiger charge is -2.19. The number of benzene rings is 2. The molecule has 0 aliphatic rings. The molecule has 0 aliphatic heterocycles. The second-order valence-electron chi connectivity index (χ2n) is 4.94. The van der Waals surface area contributed by atoms with E-state index >= 15 is 0 Å². The van der Waals surface area contributed by atoms with Crippen LogP contribution in [0.1, 0.15) is 11.6 Å². The van der Waals surface area contributed by atoms with Gasteiger partial charge in [-0.2, -0.15) is 0 Å². The molecule has 2 rings (SSSR count). The summed E-state index contributed by atoms with van der Waals surface area (Å²) in [6, 6.07) is 13.9. The van der Waals surface area contributed by atoms with E-state index in [-0.39, 0.29) is 5.91 Å². The van der Waals surface area contributed by atoms with Crippen LogP contribution in [-0.2, 0) is 9.53 Å². The number of amides is 1. The number of nitrogens with one attached hydrogen (secondary N) is 2. The van der Waals surface area contributed by atoms with Gasteiger partial charge in [0, 0.05) is 29.4 Å². The summed E-state index contributed by atoms with van der Waals surface area (Å²) in [7, 11) is 1.62. The molecule has 0 unspecified atom stereocenters. The Morgan fingerprint density at radius 2 is 1.78 bits per heavy atom. The summed E-state index contributed by atoms with van der Waals surface area (Å²) in [5.41, 5.74) is 1.43. The lowest BCUT2D eigenvalue weighted by molar-refractivity contribution is -0.118. The number of hydrogen-bond donors (Lipinski definition) is 2. The van der Waals surface area contributed by atoms with Crippen LogP contribution in [0.5, 0.6) is 0 Å². The molecule has 0 aliphatic carbocycles. The van der Waals surface area contributed by atoms with Gasteiger partial charge in [0.1, 0.15) is 6.04 Å². The van der Waals surface area contributed by atoms with Crippen molar-refractivity contribution in [3.05, 3.63) is 64.1 Å². The Kier molecular flexibility index (Phi) is 6.86. The van der Waals surface area contributed by atoms with Gasteiger partial charge in [0.15, 0.2) is 0 Å². The first kappa shape index (κ1) is 17.8. The molecule has 0 aromatic heterocycles. The van der Waals surface area contributed by atoms with E-state index in [4.69, 9.17) is 27.9 Å². The molecule has 23 heavy (non-hydrogen) atoms. The van der Waals surface area contributed by atoms with Gasteiger partial charge < -0.3 is 10.1 Å². The van der Waals surface area contributed by atoms with Crippen molar-refractivity contribution in [3.8, 4) is 0 Å². The monoisotopic (exact) mass is 352 g/mol. The highest BCUT2D eigenvalue weighted by molar-refractivity contribution is 6.35. The summed E-state index contributed by atoms with van der Waals surface area (Å²) in [6.07, 6.45) is 0. The van der Waals surface area contributed by atoms with E-state index in [1.54, 1.807) is 25.3 Å². The molecular weight excluding hydrogens is 335 g/mol. The number of carbonyl (C=O) groups is 1. The van der Waals surface area contributed by atoms with Gasteiger partial charge in [0.05, 0.1) is 6.61 Å². The zero-order valence-corrected chi connectivity index (χ0v) is 14.2. The molecule has 122 valence electrons. The van der Waals surface area contributed by atoms with Crippen molar-refractivity contribution < 1.29 is 9.53 Å². The molecule has 0 radical (unpaired) electrons. The van der Waals surface area contributed by atoms with Crippen LogP contribution < -0.4 is 10.6 Å². The summed E-state index contributed by atoms with van der Waals surface area (Å²) in [6.45, 7) is 1.07. The number of hydrogen-bond acceptors (Lipinski definition) is 3. The van der Waals surface area contributed by atoms with E-state index in [2.05, 4.69) is 10.6 Å². The van der Waals surface area contributed by atoms with Crippen molar-refractivity contribution >= 4 is 34.8 Å². The molecule has 4 nitrogen and oxygen atoms in total. The maximum absolute atomic E-state index is 12.6. The molecule has 2 N–H and O–H groups in total. The number of carbonyl (C=O) groups excluding carboxylic acids is 1. The number of ether oxygens (including phenoxy) is 1. The molecule has 0 saturated heterocycles. The standard InChI is InChI=1S/C17H18Cl2N2O2/c1-23-8-7-20-16(12-5-3-2-4-6-12)17(22)21-15-10-13(18)9-14(19)11-15/h2-6,9-11,16,20H,7-8H2,1H3,(H,21,22)/t16-/m1/s1. The average Bonchev–Trinajstić information content (AvgIpc) is 2.51. The molecule has 1 atom stereocenters. The minimum absolute atomic E-state index is 0.189. The molecule has 2 aromatic carbocycles. The minimum atomic E-state index is -0.496. The van der Waals surface area contributed by atoms with Crippen LogP contribution in [0.2, 0.25) is 10.0 Å². The summed E-state index contributed by atoms with van der Waals surface area (Å²) in [5.74, 6) is -0.189. The molecular formula is C17H18Cl2N2O2. The predicted molar refractivity (Wildman–Crippen MR) is 94.2 cm³/mol. The van der Waals surface area contributed by atoms with E-state index < -0.39 is 6.04 Å². The third-order valence-electron chi connectivity index (χ3n) is 3.18. The Hall–Kier alpha value is -1.59. The third kappa shape index (κ3) is 5.52. The SMILES string of the molecule is COCCN[C@@H](C(=O)Nc1cc(Cl)cc(Cl)c1)c1ccccc1. The largest absolute Gasteiger partial charge is 0.383 e. The number of rotatable bonds is 7. The smallest absolute Gasteiger partial charge is 0.246 e. The number of methoxy groups -OCH3 is 1. The van der Waals surface area contributed by atoms with E-state index in [1.165, 1.54) is 0 Å². The normalized spacial score (nSPS) is 12.0. The van der Waals surface area contributed by atoms with Crippen LogP contribution in [0.15, 0.2) is 48.5 Å². The van der Waals surface area contributed by atoms with Crippen molar-refractivity contribution in [2.45, 2.75) is 6.04 Å². The Morgan fingerprint density at radius 1 is 1.13 bits per heavy atom. The molecule has 6 heteroatoms. The Morgan fingerprint density at radius 3 is 2.39 bits per heavy atom. The van der Waals surface area contributed by atoms with Crippen LogP contribution in [0.4, 0.5) is 5.69 Å². The molecule has 2 aromatic rings. The first-order valence-electron chi connectivity index (χ1n) is 7.14. The van der Waals surface area contributed by atoms with Crippen LogP contribution in [-0.4, -0.2) is 26.2 Å². The lowest BCUT2D eigenvalue weighted by Crippen LogP contribution is -2.34. The van der Waals surface area contributed by atoms with E-state index in [0.29, 0.717) is 28.9 Å². The van der Waals surface area contributed by atoms with E-state index in [0.717, 1.165) is 5.56 Å². The van der Waals surface area contributed by atoms with Gasteiger partial charge in [-0.25, -0.2) is 0 Å². The fourth-order valence-electron chi connectivity index (χ4n) is 2.15. The first-order valence-corrected chi connectivity index (χ1v) is 7.90. The van der Waals surface area contributed by atoms with Crippen LogP contribution in [0.25, 0.3) is 0 Å². The first-order chi connectivity index (χ1) is 11.1. The van der Waals surface area contributed by atoms with E-state index in [9.17, 15) is 4.79 Å². The molecule has 1 amide bonds. The Bertz CT molecular complexity index is 630. The van der Waals surface area contributed by atoms with Crippen LogP contribution in [0, 0.1) is 0 Å². The predicted octanol–water partition coefficient (Wildman–Crippen LogP) is 3.91. The maximum Gasteiger partial charge on any atom is 0.246 e. The lowest BCUT2D eigenvalue weighted by atomic mass is 10.1. The number of anilines is 1. The van der Waals surface area contributed by atoms with Gasteiger partial charge in [0.2, 0.25) is 5.91 Å². The van der Waals surface area contributed by atoms with Crippen LogP contribution in [0.3, 0.4) is 0 Å². The highest BCUT2D eigenvalue weighted by Gasteiger charge is 2.20. The fourth-order valence-corrected chi connectivity index (χ4v) is 2.68. The Balaban J connectivity index is 2.15. The summed E-state index contributed by atoms with van der Waals surface area (Å²) in [4.78, 5) is 12.6. The van der Waals surface area contributed by atoms with Crippen molar-refractivity contribution in [1.82, 2.24) is 5.32 Å². The van der Waals surface area contributed by atoms with Gasteiger partial charge in [0.25, 0.3) is 0 Å². The van der Waals surface area contributed by atoms with Gasteiger partial charge in [-0.1, -0.05) is 53.5 Å². The number of halogens is 2. The van der Waals surface area contributed by atoms with Gasteiger partial charge in [-0.3, -0.25) is 10.1 Å². The molecule has 0 saturated carbocycles. The molecule has 0 bridgehead atoms.